The molecule has 0 aliphatic carbocycles. The monoisotopic (exact) mass is 308 g/mol. The molecule has 1 amide bonds. The maximum absolute atomic E-state index is 12.1. The fourth-order valence-electron chi connectivity index (χ4n) is 2.83. The van der Waals surface area contributed by atoms with Crippen LogP contribution in [0.2, 0.25) is 0 Å². The van der Waals surface area contributed by atoms with Crippen molar-refractivity contribution in [1.29, 1.82) is 0 Å². The molecule has 2 heterocycles. The molecule has 1 aromatic heterocycles. The van der Waals surface area contributed by atoms with Crippen molar-refractivity contribution in [2.75, 3.05) is 18.8 Å². The number of likely N-dealkylation sites (tertiary alicyclic amines) is 1. The van der Waals surface area contributed by atoms with Gasteiger partial charge in [-0.1, -0.05) is 0 Å². The van der Waals surface area contributed by atoms with Crippen LogP contribution >= 0.6 is 0 Å². The molecular weight excluding hydrogens is 280 g/mol. The van der Waals surface area contributed by atoms with Crippen LogP contribution in [0.15, 0.2) is 6.07 Å². The molecule has 0 aromatic carbocycles. The van der Waals surface area contributed by atoms with Crippen LogP contribution in [0.4, 0.5) is 10.6 Å². The molecule has 1 saturated heterocycles. The van der Waals surface area contributed by atoms with Gasteiger partial charge < -0.3 is 15.4 Å². The number of amides is 1. The Morgan fingerprint density at radius 1 is 1.36 bits per heavy atom. The maximum atomic E-state index is 12.1. The van der Waals surface area contributed by atoms with Crippen LogP contribution in [0.25, 0.3) is 0 Å². The number of aromatic nitrogens is 2. The van der Waals surface area contributed by atoms with Crippen molar-refractivity contribution in [3.05, 3.63) is 11.8 Å². The number of ether oxygens (including phenoxy) is 1. The Bertz CT molecular complexity index is 523. The van der Waals surface area contributed by atoms with Crippen molar-refractivity contribution >= 4 is 11.9 Å². The first-order chi connectivity index (χ1) is 10.2. The van der Waals surface area contributed by atoms with E-state index in [0.29, 0.717) is 24.8 Å². The lowest BCUT2D eigenvalue weighted by Gasteiger charge is -2.33. The lowest BCUT2D eigenvalue weighted by atomic mass is 9.93. The van der Waals surface area contributed by atoms with E-state index in [1.165, 1.54) is 5.69 Å². The second-order valence-electron chi connectivity index (χ2n) is 7.27. The van der Waals surface area contributed by atoms with E-state index in [-0.39, 0.29) is 12.1 Å². The summed E-state index contributed by atoms with van der Waals surface area (Å²) in [6, 6.07) is 2.25. The van der Waals surface area contributed by atoms with Gasteiger partial charge in [0, 0.05) is 36.8 Å². The van der Waals surface area contributed by atoms with Gasteiger partial charge in [0.2, 0.25) is 0 Å². The fraction of sp³-hybridized carbons (Fsp3) is 0.750. The van der Waals surface area contributed by atoms with Gasteiger partial charge in [-0.15, -0.1) is 0 Å². The summed E-state index contributed by atoms with van der Waals surface area (Å²) in [6.07, 6.45) is 1.61. The number of piperidine rings is 1. The summed E-state index contributed by atoms with van der Waals surface area (Å²) >= 11 is 0. The lowest BCUT2D eigenvalue weighted by Crippen LogP contribution is -2.41. The average molecular weight is 308 g/mol. The van der Waals surface area contributed by atoms with E-state index in [0.717, 1.165) is 12.8 Å². The lowest BCUT2D eigenvalue weighted by molar-refractivity contribution is 0.0203. The Balaban J connectivity index is 1.99. The molecule has 2 N–H and O–H groups in total. The molecule has 0 radical (unpaired) electrons. The van der Waals surface area contributed by atoms with E-state index in [1.54, 1.807) is 4.90 Å². The smallest absolute Gasteiger partial charge is 0.410 e. The van der Waals surface area contributed by atoms with Gasteiger partial charge in [-0.05, 0) is 47.5 Å². The highest BCUT2D eigenvalue weighted by Gasteiger charge is 2.29. The van der Waals surface area contributed by atoms with E-state index in [2.05, 4.69) is 18.9 Å². The number of hydrogen-bond acceptors (Lipinski definition) is 4. The molecule has 6 heteroatoms. The SMILES string of the molecule is CC(C)n1nc(N)cc1C1CCN(C(=O)OC(C)(C)C)CC1. The van der Waals surface area contributed by atoms with E-state index < -0.39 is 5.60 Å². The Kier molecular flexibility index (Phi) is 4.68. The Morgan fingerprint density at radius 3 is 2.45 bits per heavy atom. The molecule has 2 rings (SSSR count). The Labute approximate surface area is 132 Å². The number of anilines is 1. The minimum Gasteiger partial charge on any atom is -0.444 e. The van der Waals surface area contributed by atoms with E-state index in [9.17, 15) is 4.79 Å². The predicted molar refractivity (Wildman–Crippen MR) is 86.8 cm³/mol. The summed E-state index contributed by atoms with van der Waals surface area (Å²) in [5.74, 6) is 0.962. The van der Waals surface area contributed by atoms with Gasteiger partial charge in [0.1, 0.15) is 11.4 Å². The molecule has 0 atom stereocenters. The molecule has 1 aliphatic heterocycles. The standard InChI is InChI=1S/C16H28N4O2/c1-11(2)20-13(10-14(17)18-20)12-6-8-19(9-7-12)15(21)22-16(3,4)5/h10-12H,6-9H2,1-5H3,(H2,17,18). The highest BCUT2D eigenvalue weighted by Crippen LogP contribution is 2.31. The summed E-state index contributed by atoms with van der Waals surface area (Å²) in [7, 11) is 0. The minimum atomic E-state index is -0.446. The largest absolute Gasteiger partial charge is 0.444 e. The van der Waals surface area contributed by atoms with Crippen LogP contribution in [-0.2, 0) is 4.74 Å². The van der Waals surface area contributed by atoms with Crippen molar-refractivity contribution in [3.63, 3.8) is 0 Å². The van der Waals surface area contributed by atoms with Crippen LogP contribution < -0.4 is 5.73 Å². The second kappa shape index (κ2) is 6.18. The van der Waals surface area contributed by atoms with Gasteiger partial charge >= 0.3 is 6.09 Å². The van der Waals surface area contributed by atoms with E-state index >= 15 is 0 Å². The summed E-state index contributed by atoms with van der Waals surface area (Å²) in [5.41, 5.74) is 6.58. The van der Waals surface area contributed by atoms with E-state index in [1.807, 2.05) is 31.5 Å². The predicted octanol–water partition coefficient (Wildman–Crippen LogP) is 3.16. The number of nitrogens with zero attached hydrogens (tertiary/aromatic N) is 3. The molecule has 1 aromatic rings. The highest BCUT2D eigenvalue weighted by atomic mass is 16.6. The maximum Gasteiger partial charge on any atom is 0.410 e. The van der Waals surface area contributed by atoms with Crippen LogP contribution in [0.3, 0.4) is 0 Å². The molecule has 0 unspecified atom stereocenters. The number of carbonyl (C=O) groups excluding carboxylic acids is 1. The third-order valence-electron chi connectivity index (χ3n) is 3.84. The summed E-state index contributed by atoms with van der Waals surface area (Å²) in [6.45, 7) is 11.3. The molecule has 22 heavy (non-hydrogen) atoms. The van der Waals surface area contributed by atoms with Crippen molar-refractivity contribution in [2.24, 2.45) is 0 Å². The van der Waals surface area contributed by atoms with Crippen LogP contribution in [0.5, 0.6) is 0 Å². The van der Waals surface area contributed by atoms with Gasteiger partial charge in [0.25, 0.3) is 0 Å². The van der Waals surface area contributed by atoms with E-state index in [4.69, 9.17) is 10.5 Å². The van der Waals surface area contributed by atoms with Gasteiger partial charge in [0.15, 0.2) is 0 Å². The van der Waals surface area contributed by atoms with Crippen LogP contribution in [0.1, 0.15) is 65.1 Å². The van der Waals surface area contributed by atoms with Crippen molar-refractivity contribution < 1.29 is 9.53 Å². The molecule has 1 fully saturated rings. The van der Waals surface area contributed by atoms with Crippen LogP contribution in [0, 0.1) is 0 Å². The molecule has 1 aliphatic rings. The van der Waals surface area contributed by atoms with Gasteiger partial charge in [-0.3, -0.25) is 4.68 Å². The number of nitrogens with two attached hydrogens (primary N) is 1. The van der Waals surface area contributed by atoms with Crippen molar-refractivity contribution in [2.45, 2.75) is 65.0 Å². The zero-order valence-corrected chi connectivity index (χ0v) is 14.3. The molecule has 124 valence electrons. The second-order valence-corrected chi connectivity index (χ2v) is 7.27. The summed E-state index contributed by atoms with van der Waals surface area (Å²) in [5, 5.41) is 4.38. The quantitative estimate of drug-likeness (QED) is 0.910. The first-order valence-electron chi connectivity index (χ1n) is 8.00. The van der Waals surface area contributed by atoms with Gasteiger partial charge in [-0.2, -0.15) is 5.10 Å². The topological polar surface area (TPSA) is 73.4 Å². The van der Waals surface area contributed by atoms with Crippen LogP contribution in [-0.4, -0.2) is 39.5 Å². The number of hydrogen-bond donors (Lipinski definition) is 1. The number of rotatable bonds is 2. The zero-order valence-electron chi connectivity index (χ0n) is 14.3. The van der Waals surface area contributed by atoms with Gasteiger partial charge in [0.05, 0.1) is 0 Å². The van der Waals surface area contributed by atoms with Gasteiger partial charge in [-0.25, -0.2) is 4.79 Å². The Morgan fingerprint density at radius 2 is 1.95 bits per heavy atom. The molecule has 6 nitrogen and oxygen atoms in total. The first-order valence-corrected chi connectivity index (χ1v) is 8.00. The normalized spacial score (nSPS) is 17.1. The number of carbonyl (C=O) groups is 1. The molecule has 0 bridgehead atoms. The van der Waals surface area contributed by atoms with Crippen molar-refractivity contribution in [1.82, 2.24) is 14.7 Å². The summed E-state index contributed by atoms with van der Waals surface area (Å²) in [4.78, 5) is 13.9. The van der Waals surface area contributed by atoms with Crippen molar-refractivity contribution in [3.8, 4) is 0 Å². The first kappa shape index (κ1) is 16.6. The summed E-state index contributed by atoms with van der Waals surface area (Å²) < 4.78 is 7.44. The molecule has 0 spiro atoms. The molecular formula is C16H28N4O2. The fourth-order valence-corrected chi connectivity index (χ4v) is 2.83. The molecule has 0 saturated carbocycles. The Hall–Kier alpha value is -1.72. The third kappa shape index (κ3) is 3.93. The highest BCUT2D eigenvalue weighted by molar-refractivity contribution is 5.68. The average Bonchev–Trinajstić information content (AvgIpc) is 2.79. The number of nitrogen functional groups attached to an aromatic ring is 1. The third-order valence-corrected chi connectivity index (χ3v) is 3.84. The minimum absolute atomic E-state index is 0.220. The zero-order chi connectivity index (χ0) is 16.5.